The molecule has 7 nitrogen and oxygen atoms in total. The van der Waals surface area contributed by atoms with Crippen molar-refractivity contribution in [3.63, 3.8) is 0 Å². The summed E-state index contributed by atoms with van der Waals surface area (Å²) in [7, 11) is -3.59. The Balaban J connectivity index is 2.07. The van der Waals surface area contributed by atoms with Crippen molar-refractivity contribution >= 4 is 15.7 Å². The second-order valence-electron chi connectivity index (χ2n) is 4.01. The first-order valence-electron chi connectivity index (χ1n) is 5.60. The Hall–Kier alpha value is -1.93. The number of aryl methyl sites for hydroxylation is 1. The largest absolute Gasteiger partial charge is 0.399 e. The number of rotatable bonds is 5. The monoisotopic (exact) mass is 282 g/mol. The van der Waals surface area contributed by atoms with Crippen LogP contribution in [-0.2, 0) is 16.4 Å². The van der Waals surface area contributed by atoms with Crippen LogP contribution in [0.1, 0.15) is 11.5 Å². The molecule has 102 valence electrons. The van der Waals surface area contributed by atoms with Crippen LogP contribution in [0.3, 0.4) is 0 Å². The van der Waals surface area contributed by atoms with Gasteiger partial charge in [0, 0.05) is 18.7 Å². The normalized spacial score (nSPS) is 11.6. The molecular weight excluding hydrogens is 268 g/mol. The molecule has 2 rings (SSSR count). The maximum absolute atomic E-state index is 12.1. The zero-order valence-electron chi connectivity index (χ0n) is 10.3. The van der Waals surface area contributed by atoms with Crippen LogP contribution in [0.5, 0.6) is 0 Å². The minimum Gasteiger partial charge on any atom is -0.399 e. The average Bonchev–Trinajstić information content (AvgIpc) is 2.85. The van der Waals surface area contributed by atoms with Crippen molar-refractivity contribution in [3.8, 4) is 0 Å². The first-order valence-corrected chi connectivity index (χ1v) is 7.09. The van der Waals surface area contributed by atoms with Crippen LogP contribution >= 0.6 is 0 Å². The second kappa shape index (κ2) is 5.37. The predicted octanol–water partition coefficient (Wildman–Crippen LogP) is 0.481. The molecule has 0 aliphatic rings. The van der Waals surface area contributed by atoms with E-state index in [0.29, 0.717) is 23.6 Å². The molecule has 0 atom stereocenters. The number of aromatic nitrogens is 2. The Kier molecular flexibility index (Phi) is 3.82. The van der Waals surface area contributed by atoms with Crippen LogP contribution in [-0.4, -0.2) is 25.1 Å². The zero-order chi connectivity index (χ0) is 13.9. The van der Waals surface area contributed by atoms with Crippen molar-refractivity contribution < 1.29 is 12.9 Å². The summed E-state index contributed by atoms with van der Waals surface area (Å²) in [6, 6.07) is 4.76. The smallest absolute Gasteiger partial charge is 0.240 e. The van der Waals surface area contributed by atoms with Gasteiger partial charge in [0.2, 0.25) is 15.9 Å². The van der Waals surface area contributed by atoms with Gasteiger partial charge in [0.05, 0.1) is 4.90 Å². The third-order valence-corrected chi connectivity index (χ3v) is 4.14. The minimum absolute atomic E-state index is 0.179. The van der Waals surface area contributed by atoms with E-state index < -0.39 is 10.0 Å². The Morgan fingerprint density at radius 2 is 2.21 bits per heavy atom. The van der Waals surface area contributed by atoms with E-state index in [4.69, 9.17) is 10.3 Å². The van der Waals surface area contributed by atoms with E-state index in [0.717, 1.165) is 0 Å². The van der Waals surface area contributed by atoms with Gasteiger partial charge in [-0.25, -0.2) is 13.1 Å². The summed E-state index contributed by atoms with van der Waals surface area (Å²) in [5, 5.41) is 3.44. The van der Waals surface area contributed by atoms with Gasteiger partial charge in [-0.2, -0.15) is 4.98 Å². The maximum atomic E-state index is 12.1. The lowest BCUT2D eigenvalue weighted by atomic mass is 10.2. The predicted molar refractivity (Wildman–Crippen MR) is 68.8 cm³/mol. The van der Waals surface area contributed by atoms with Crippen LogP contribution in [0.2, 0.25) is 0 Å². The number of nitrogens with zero attached hydrogens (tertiary/aromatic N) is 2. The van der Waals surface area contributed by atoms with Gasteiger partial charge < -0.3 is 10.3 Å². The Labute approximate surface area is 110 Å². The topological polar surface area (TPSA) is 111 Å². The highest BCUT2D eigenvalue weighted by Gasteiger charge is 2.16. The van der Waals surface area contributed by atoms with Crippen molar-refractivity contribution in [2.45, 2.75) is 18.2 Å². The summed E-state index contributed by atoms with van der Waals surface area (Å²) in [6.07, 6.45) is 1.60. The fourth-order valence-electron chi connectivity index (χ4n) is 1.58. The summed E-state index contributed by atoms with van der Waals surface area (Å²) in [6.45, 7) is 1.89. The van der Waals surface area contributed by atoms with Gasteiger partial charge in [-0.05, 0) is 24.6 Å². The van der Waals surface area contributed by atoms with E-state index in [1.807, 2.05) is 0 Å². The van der Waals surface area contributed by atoms with Crippen LogP contribution in [0, 0.1) is 6.92 Å². The number of hydrogen-bond donors (Lipinski definition) is 2. The van der Waals surface area contributed by atoms with Crippen molar-refractivity contribution in [2.75, 3.05) is 12.3 Å². The molecule has 3 N–H and O–H groups in total. The molecule has 1 aromatic heterocycles. The fraction of sp³-hybridized carbons (Fsp3) is 0.273. The number of nitrogens with one attached hydrogen (secondary N) is 1. The van der Waals surface area contributed by atoms with Gasteiger partial charge in [0.1, 0.15) is 0 Å². The van der Waals surface area contributed by atoms with E-state index in [1.54, 1.807) is 19.1 Å². The average molecular weight is 282 g/mol. The molecule has 1 heterocycles. The number of benzene rings is 1. The standard InChI is InChI=1S/C11H14N4O3S/c1-8-2-3-9(12)6-10(8)19(16,17)15-5-4-11-13-7-14-18-11/h2-3,6-7,15H,4-5,12H2,1H3. The number of nitrogens with two attached hydrogens (primary N) is 1. The summed E-state index contributed by atoms with van der Waals surface area (Å²) in [5.74, 6) is 0.381. The van der Waals surface area contributed by atoms with Gasteiger partial charge in [-0.3, -0.25) is 0 Å². The van der Waals surface area contributed by atoms with E-state index in [9.17, 15) is 8.42 Å². The van der Waals surface area contributed by atoms with Crippen molar-refractivity contribution in [1.82, 2.24) is 14.9 Å². The summed E-state index contributed by atoms with van der Waals surface area (Å²) in [5.41, 5.74) is 6.65. The molecule has 0 unspecified atom stereocenters. The molecule has 0 spiro atoms. The van der Waals surface area contributed by atoms with E-state index >= 15 is 0 Å². The van der Waals surface area contributed by atoms with Crippen LogP contribution in [0.25, 0.3) is 0 Å². The Morgan fingerprint density at radius 1 is 1.42 bits per heavy atom. The van der Waals surface area contributed by atoms with Gasteiger partial charge in [-0.1, -0.05) is 11.2 Å². The molecule has 0 bridgehead atoms. The fourth-order valence-corrected chi connectivity index (χ4v) is 2.89. The first kappa shape index (κ1) is 13.5. The first-order chi connectivity index (χ1) is 8.99. The lowest BCUT2D eigenvalue weighted by Gasteiger charge is -2.09. The second-order valence-corrected chi connectivity index (χ2v) is 5.74. The highest BCUT2D eigenvalue weighted by molar-refractivity contribution is 7.89. The summed E-state index contributed by atoms with van der Waals surface area (Å²) in [4.78, 5) is 3.99. The van der Waals surface area contributed by atoms with E-state index in [-0.39, 0.29) is 11.4 Å². The quantitative estimate of drug-likeness (QED) is 0.772. The molecule has 2 aromatic rings. The summed E-state index contributed by atoms with van der Waals surface area (Å²) >= 11 is 0. The molecule has 1 aromatic carbocycles. The van der Waals surface area contributed by atoms with Gasteiger partial charge in [-0.15, -0.1) is 0 Å². The van der Waals surface area contributed by atoms with Gasteiger partial charge >= 0.3 is 0 Å². The number of hydrogen-bond acceptors (Lipinski definition) is 6. The molecule has 0 radical (unpaired) electrons. The molecule has 0 amide bonds. The van der Waals surface area contributed by atoms with Crippen molar-refractivity contribution in [3.05, 3.63) is 36.0 Å². The Morgan fingerprint density at radius 3 is 2.89 bits per heavy atom. The SMILES string of the molecule is Cc1ccc(N)cc1S(=O)(=O)NCCc1ncno1. The third kappa shape index (κ3) is 3.30. The highest BCUT2D eigenvalue weighted by Crippen LogP contribution is 2.17. The van der Waals surface area contributed by atoms with Crippen LogP contribution in [0.15, 0.2) is 33.9 Å². The lowest BCUT2D eigenvalue weighted by Crippen LogP contribution is -2.26. The zero-order valence-corrected chi connectivity index (χ0v) is 11.1. The maximum Gasteiger partial charge on any atom is 0.240 e. The summed E-state index contributed by atoms with van der Waals surface area (Å²) < 4.78 is 31.5. The molecule has 19 heavy (non-hydrogen) atoms. The highest BCUT2D eigenvalue weighted by atomic mass is 32.2. The Bertz CT molecular complexity index is 653. The molecule has 0 aliphatic carbocycles. The van der Waals surface area contributed by atoms with E-state index in [1.165, 1.54) is 12.4 Å². The number of sulfonamides is 1. The molecular formula is C11H14N4O3S. The van der Waals surface area contributed by atoms with Gasteiger partial charge in [0.25, 0.3) is 0 Å². The molecule has 0 fully saturated rings. The minimum atomic E-state index is -3.59. The number of anilines is 1. The van der Waals surface area contributed by atoms with Crippen LogP contribution < -0.4 is 10.5 Å². The van der Waals surface area contributed by atoms with Crippen molar-refractivity contribution in [2.24, 2.45) is 0 Å². The number of nitrogen functional groups attached to an aromatic ring is 1. The van der Waals surface area contributed by atoms with Crippen molar-refractivity contribution in [1.29, 1.82) is 0 Å². The molecule has 8 heteroatoms. The van der Waals surface area contributed by atoms with Gasteiger partial charge in [0.15, 0.2) is 6.33 Å². The molecule has 0 saturated carbocycles. The lowest BCUT2D eigenvalue weighted by molar-refractivity contribution is 0.377. The molecule has 0 aliphatic heterocycles. The third-order valence-electron chi connectivity index (χ3n) is 2.54. The molecule has 0 saturated heterocycles. The van der Waals surface area contributed by atoms with Crippen LogP contribution in [0.4, 0.5) is 5.69 Å². The van der Waals surface area contributed by atoms with E-state index in [2.05, 4.69) is 14.9 Å².